The molecule has 0 unspecified atom stereocenters. The Bertz CT molecular complexity index is 425. The Kier molecular flexibility index (Phi) is 19.5. The number of halogens is 3. The number of rotatable bonds is 8. The van der Waals surface area contributed by atoms with Gasteiger partial charge in [0, 0.05) is 0 Å². The van der Waals surface area contributed by atoms with Crippen LogP contribution in [0, 0.1) is 0 Å². The molecule has 2 rings (SSSR count). The number of hydrogen-bond donors (Lipinski definition) is 1. The third-order valence-electron chi connectivity index (χ3n) is 4.40. The minimum Gasteiger partial charge on any atom is -1.00 e. The molecule has 5 heteroatoms. The molecule has 0 aromatic heterocycles. The van der Waals surface area contributed by atoms with Gasteiger partial charge >= 0.3 is 26.2 Å². The Morgan fingerprint density at radius 1 is 0.833 bits per heavy atom. The number of aliphatic hydroxyl groups excluding tert-OH is 1. The first-order valence-corrected chi connectivity index (χ1v) is 8.22. The molecular formula is C19H28Cl3OZr. The van der Waals surface area contributed by atoms with Crippen molar-refractivity contribution in [2.75, 3.05) is 0 Å². The van der Waals surface area contributed by atoms with Crippen LogP contribution in [0.3, 0.4) is 0 Å². The van der Waals surface area contributed by atoms with Gasteiger partial charge in [-0.1, -0.05) is 51.0 Å². The van der Waals surface area contributed by atoms with Crippen LogP contribution in [-0.2, 0) is 26.2 Å². The van der Waals surface area contributed by atoms with E-state index in [1.165, 1.54) is 48.0 Å². The monoisotopic (exact) mass is 467 g/mol. The molecule has 0 bridgehead atoms. The van der Waals surface area contributed by atoms with E-state index >= 15 is 0 Å². The number of unbranched alkanes of at least 4 members (excludes halogenated alkanes) is 2. The van der Waals surface area contributed by atoms with Crippen LogP contribution in [0.15, 0.2) is 46.6 Å². The van der Waals surface area contributed by atoms with Gasteiger partial charge in [-0.15, -0.1) is 0 Å². The van der Waals surface area contributed by atoms with Crippen molar-refractivity contribution >= 4 is 0 Å². The number of aliphatic hydroxyl groups is 1. The van der Waals surface area contributed by atoms with Gasteiger partial charge in [-0.05, 0) is 60.8 Å². The molecule has 1 nitrogen and oxygen atoms in total. The maximum atomic E-state index is 10.8. The first-order chi connectivity index (χ1) is 9.77. The summed E-state index contributed by atoms with van der Waals surface area (Å²) in [5.74, 6) is 0. The van der Waals surface area contributed by atoms with Crippen LogP contribution >= 0.6 is 0 Å². The molecule has 0 atom stereocenters. The molecular weight excluding hydrogens is 442 g/mol. The standard InChI is InChI=1S/C19H28O.3ClH.Zr/c1-3-5-9-15-11-7-13-17(15)19(20)18-14-8-12-16(18)10-6-4-2;;;;/h7-8,11-12,19-20H,3-6,9-10,13-14H2,1-2H3;3*1H;/q;;;;+3/p-3. The molecule has 0 spiro atoms. The average Bonchev–Trinajstić information content (AvgIpc) is 3.10. The van der Waals surface area contributed by atoms with E-state index in [0.717, 1.165) is 25.7 Å². The van der Waals surface area contributed by atoms with E-state index < -0.39 is 0 Å². The zero-order chi connectivity index (χ0) is 14.4. The average molecular weight is 470 g/mol. The molecule has 1 N–H and O–H groups in total. The van der Waals surface area contributed by atoms with Gasteiger partial charge in [0.1, 0.15) is 0 Å². The van der Waals surface area contributed by atoms with E-state index in [0.29, 0.717) is 0 Å². The van der Waals surface area contributed by atoms with Crippen LogP contribution in [0.2, 0.25) is 0 Å². The topological polar surface area (TPSA) is 20.2 Å². The van der Waals surface area contributed by atoms with Gasteiger partial charge in [0.2, 0.25) is 0 Å². The number of allylic oxidation sites excluding steroid dienone is 6. The van der Waals surface area contributed by atoms with Gasteiger partial charge < -0.3 is 42.3 Å². The molecule has 0 amide bonds. The molecule has 24 heavy (non-hydrogen) atoms. The summed E-state index contributed by atoms with van der Waals surface area (Å²) in [6.07, 6.45) is 17.5. The maximum absolute atomic E-state index is 10.8. The summed E-state index contributed by atoms with van der Waals surface area (Å²) in [6, 6.07) is 0. The van der Waals surface area contributed by atoms with Gasteiger partial charge in [0.25, 0.3) is 0 Å². The van der Waals surface area contributed by atoms with Crippen molar-refractivity contribution in [1.82, 2.24) is 0 Å². The van der Waals surface area contributed by atoms with E-state index in [4.69, 9.17) is 0 Å². The second-order valence-corrected chi connectivity index (χ2v) is 5.92. The summed E-state index contributed by atoms with van der Waals surface area (Å²) in [4.78, 5) is 0. The largest absolute Gasteiger partial charge is 3.00 e. The molecule has 0 saturated heterocycles. The van der Waals surface area contributed by atoms with Crippen LogP contribution in [0.25, 0.3) is 0 Å². The first kappa shape index (κ1) is 29.4. The van der Waals surface area contributed by atoms with Crippen molar-refractivity contribution in [3.05, 3.63) is 46.6 Å². The van der Waals surface area contributed by atoms with Gasteiger partial charge in [-0.25, -0.2) is 0 Å². The number of hydrogen-bond acceptors (Lipinski definition) is 1. The normalized spacial score (nSPS) is 15.2. The summed E-state index contributed by atoms with van der Waals surface area (Å²) in [6.45, 7) is 4.45. The van der Waals surface area contributed by atoms with E-state index in [-0.39, 0.29) is 69.5 Å². The van der Waals surface area contributed by atoms with Crippen LogP contribution < -0.4 is 37.2 Å². The molecule has 0 aromatic carbocycles. The zero-order valence-electron chi connectivity index (χ0n) is 14.6. The Morgan fingerprint density at radius 2 is 1.21 bits per heavy atom. The molecule has 0 saturated carbocycles. The molecule has 0 aromatic rings. The second kappa shape index (κ2) is 15.9. The molecule has 0 fully saturated rings. The predicted octanol–water partition coefficient (Wildman–Crippen LogP) is -3.75. The first-order valence-electron chi connectivity index (χ1n) is 8.22. The Hall–Kier alpha value is 0.673. The van der Waals surface area contributed by atoms with E-state index in [1.807, 2.05) is 0 Å². The van der Waals surface area contributed by atoms with Crippen molar-refractivity contribution in [2.24, 2.45) is 0 Å². The van der Waals surface area contributed by atoms with Crippen molar-refractivity contribution < 1.29 is 68.5 Å². The fourth-order valence-corrected chi connectivity index (χ4v) is 3.14. The SMILES string of the molecule is CCCCC1=C(C(O)C2=C(CCCC)C=CC2)CC=C1.[Cl-].[Cl-].[Cl-].[Zr+3]. The Morgan fingerprint density at radius 3 is 1.54 bits per heavy atom. The minimum absolute atomic E-state index is 0. The van der Waals surface area contributed by atoms with Crippen LogP contribution in [0.5, 0.6) is 0 Å². The summed E-state index contributed by atoms with van der Waals surface area (Å²) < 4.78 is 0. The van der Waals surface area contributed by atoms with Gasteiger partial charge in [-0.3, -0.25) is 0 Å². The predicted molar refractivity (Wildman–Crippen MR) is 86.6 cm³/mol. The van der Waals surface area contributed by atoms with Gasteiger partial charge in [0.05, 0.1) is 6.10 Å². The van der Waals surface area contributed by atoms with E-state index in [9.17, 15) is 5.11 Å². The van der Waals surface area contributed by atoms with Crippen molar-refractivity contribution in [1.29, 1.82) is 0 Å². The van der Waals surface area contributed by atoms with Crippen LogP contribution in [0.4, 0.5) is 0 Å². The molecule has 2 aliphatic rings. The quantitative estimate of drug-likeness (QED) is 0.387. The molecule has 1 radical (unpaired) electrons. The summed E-state index contributed by atoms with van der Waals surface area (Å²) >= 11 is 0. The summed E-state index contributed by atoms with van der Waals surface area (Å²) in [5, 5.41) is 10.8. The maximum Gasteiger partial charge on any atom is 3.00 e. The molecule has 0 aliphatic heterocycles. The third-order valence-corrected chi connectivity index (χ3v) is 4.40. The molecule has 135 valence electrons. The van der Waals surface area contributed by atoms with Crippen molar-refractivity contribution in [2.45, 2.75) is 71.3 Å². The van der Waals surface area contributed by atoms with Crippen molar-refractivity contribution in [3.63, 3.8) is 0 Å². The third kappa shape index (κ3) is 7.92. The summed E-state index contributed by atoms with van der Waals surface area (Å²) in [5.41, 5.74) is 5.28. The summed E-state index contributed by atoms with van der Waals surface area (Å²) in [7, 11) is 0. The Labute approximate surface area is 185 Å². The fourth-order valence-electron chi connectivity index (χ4n) is 3.14. The van der Waals surface area contributed by atoms with E-state index in [2.05, 4.69) is 38.2 Å². The van der Waals surface area contributed by atoms with Crippen LogP contribution in [0.1, 0.15) is 65.2 Å². The smallest absolute Gasteiger partial charge is 1.00 e. The zero-order valence-corrected chi connectivity index (χ0v) is 19.4. The Balaban J connectivity index is -0.00000110. The van der Waals surface area contributed by atoms with Crippen molar-refractivity contribution in [3.8, 4) is 0 Å². The van der Waals surface area contributed by atoms with E-state index in [1.54, 1.807) is 0 Å². The second-order valence-electron chi connectivity index (χ2n) is 5.92. The molecule has 0 heterocycles. The molecule has 2 aliphatic carbocycles. The van der Waals surface area contributed by atoms with Gasteiger partial charge in [0.15, 0.2) is 0 Å². The minimum atomic E-state index is -0.348. The fraction of sp³-hybridized carbons (Fsp3) is 0.579. The van der Waals surface area contributed by atoms with Gasteiger partial charge in [-0.2, -0.15) is 0 Å². The van der Waals surface area contributed by atoms with Crippen LogP contribution in [-0.4, -0.2) is 11.2 Å².